The molecule has 1 fully saturated rings. The molecule has 93 valence electrons. The second kappa shape index (κ2) is 4.81. The summed E-state index contributed by atoms with van der Waals surface area (Å²) in [7, 11) is 4.45. The lowest BCUT2D eigenvalue weighted by molar-refractivity contribution is 0.106. The van der Waals surface area contributed by atoms with E-state index in [1.807, 2.05) is 0 Å². The van der Waals surface area contributed by atoms with Gasteiger partial charge < -0.3 is 0 Å². The van der Waals surface area contributed by atoms with Gasteiger partial charge in [0, 0.05) is 5.54 Å². The first-order valence-corrected chi connectivity index (χ1v) is 6.60. The van der Waals surface area contributed by atoms with Gasteiger partial charge in [-0.15, -0.1) is 0 Å². The molecule has 2 rings (SSSR count). The van der Waals surface area contributed by atoms with E-state index in [0.29, 0.717) is 0 Å². The molecule has 1 nitrogen and oxygen atoms in total. The molecule has 0 saturated heterocycles. The maximum atomic E-state index is 2.42. The maximum absolute atomic E-state index is 2.42. The van der Waals surface area contributed by atoms with Crippen LogP contribution in [0.3, 0.4) is 0 Å². The third-order valence-electron chi connectivity index (χ3n) is 4.38. The fraction of sp³-hybridized carbons (Fsp3) is 0.562. The van der Waals surface area contributed by atoms with Gasteiger partial charge in [-0.25, -0.2) is 0 Å². The highest BCUT2D eigenvalue weighted by Crippen LogP contribution is 2.43. The Morgan fingerprint density at radius 1 is 0.941 bits per heavy atom. The molecule has 1 aromatic rings. The Balaban J connectivity index is 2.31. The van der Waals surface area contributed by atoms with Crippen LogP contribution in [0.5, 0.6) is 0 Å². The number of benzene rings is 1. The Hall–Kier alpha value is -0.820. The van der Waals surface area contributed by atoms with Gasteiger partial charge in [-0.1, -0.05) is 36.8 Å². The smallest absolute Gasteiger partial charge is 0.0455 e. The van der Waals surface area contributed by atoms with Crippen LogP contribution in [0.2, 0.25) is 0 Å². The highest BCUT2D eigenvalue weighted by atomic mass is 15.1. The molecular weight excluding hydrogens is 206 g/mol. The van der Waals surface area contributed by atoms with Gasteiger partial charge in [0.1, 0.15) is 0 Å². The summed E-state index contributed by atoms with van der Waals surface area (Å²) in [6.45, 7) is 4.46. The highest BCUT2D eigenvalue weighted by molar-refractivity contribution is 5.29. The largest absolute Gasteiger partial charge is 0.300 e. The van der Waals surface area contributed by atoms with Crippen LogP contribution in [-0.2, 0) is 5.54 Å². The Morgan fingerprint density at radius 3 is 1.94 bits per heavy atom. The number of aryl methyl sites for hydroxylation is 1. The van der Waals surface area contributed by atoms with Crippen LogP contribution >= 0.6 is 0 Å². The topological polar surface area (TPSA) is 3.24 Å². The zero-order valence-electron chi connectivity index (χ0n) is 11.6. The Kier molecular flexibility index (Phi) is 3.58. The van der Waals surface area contributed by atoms with Crippen molar-refractivity contribution >= 4 is 0 Å². The standard InChI is InChI=1S/C16H24N/c1-13-5-7-15(8-6-13)16(17(3)4)11-9-14(2)10-12-16/h5-8H,9-12H2,1-4H3. The zero-order chi connectivity index (χ0) is 12.5. The minimum absolute atomic E-state index is 0.257. The van der Waals surface area contributed by atoms with E-state index in [1.54, 1.807) is 5.92 Å². The lowest BCUT2D eigenvalue weighted by atomic mass is 9.72. The normalized spacial score (nSPS) is 20.8. The summed E-state index contributed by atoms with van der Waals surface area (Å²) in [4.78, 5) is 2.42. The van der Waals surface area contributed by atoms with Gasteiger partial charge in [-0.2, -0.15) is 0 Å². The van der Waals surface area contributed by atoms with Crippen molar-refractivity contribution in [1.82, 2.24) is 4.90 Å². The van der Waals surface area contributed by atoms with Crippen LogP contribution < -0.4 is 0 Å². The third-order valence-corrected chi connectivity index (χ3v) is 4.38. The molecule has 1 radical (unpaired) electrons. The first-order chi connectivity index (χ1) is 8.04. The molecule has 0 N–H and O–H groups in total. The van der Waals surface area contributed by atoms with E-state index in [0.717, 1.165) is 0 Å². The molecule has 0 spiro atoms. The number of rotatable bonds is 2. The Bertz CT molecular complexity index is 356. The van der Waals surface area contributed by atoms with Gasteiger partial charge in [0.2, 0.25) is 0 Å². The maximum Gasteiger partial charge on any atom is 0.0455 e. The number of hydrogen-bond acceptors (Lipinski definition) is 1. The predicted molar refractivity (Wildman–Crippen MR) is 73.9 cm³/mol. The van der Waals surface area contributed by atoms with Crippen LogP contribution in [0.4, 0.5) is 0 Å². The van der Waals surface area contributed by atoms with Crippen LogP contribution in [0, 0.1) is 12.8 Å². The van der Waals surface area contributed by atoms with Crippen molar-refractivity contribution in [3.05, 3.63) is 41.3 Å². The van der Waals surface area contributed by atoms with Gasteiger partial charge in [0.05, 0.1) is 0 Å². The second-order valence-corrected chi connectivity index (χ2v) is 5.75. The fourth-order valence-corrected chi connectivity index (χ4v) is 2.95. The quantitative estimate of drug-likeness (QED) is 0.744. The lowest BCUT2D eigenvalue weighted by Gasteiger charge is -2.45. The van der Waals surface area contributed by atoms with E-state index in [1.165, 1.54) is 36.8 Å². The molecular formula is C16H24N. The third kappa shape index (κ3) is 2.40. The van der Waals surface area contributed by atoms with Crippen molar-refractivity contribution in [3.8, 4) is 0 Å². The van der Waals surface area contributed by atoms with E-state index >= 15 is 0 Å². The molecule has 0 heterocycles. The summed E-state index contributed by atoms with van der Waals surface area (Å²) < 4.78 is 0. The van der Waals surface area contributed by atoms with Crippen LogP contribution in [0.25, 0.3) is 0 Å². The van der Waals surface area contributed by atoms with Crippen LogP contribution in [-0.4, -0.2) is 19.0 Å². The first-order valence-electron chi connectivity index (χ1n) is 6.60. The highest BCUT2D eigenvalue weighted by Gasteiger charge is 2.37. The molecule has 0 bridgehead atoms. The van der Waals surface area contributed by atoms with Gasteiger partial charge >= 0.3 is 0 Å². The molecule has 0 aliphatic heterocycles. The van der Waals surface area contributed by atoms with Gasteiger partial charge in [-0.05, 0) is 58.2 Å². The van der Waals surface area contributed by atoms with E-state index in [2.05, 4.69) is 57.1 Å². The molecule has 0 unspecified atom stereocenters. The summed E-state index contributed by atoms with van der Waals surface area (Å²) in [5.74, 6) is 1.66. The molecule has 1 aliphatic rings. The number of hydrogen-bond donors (Lipinski definition) is 0. The van der Waals surface area contributed by atoms with Crippen molar-refractivity contribution in [2.75, 3.05) is 14.1 Å². The Morgan fingerprint density at radius 2 is 1.47 bits per heavy atom. The summed E-state index contributed by atoms with van der Waals surface area (Å²) in [5.41, 5.74) is 3.09. The SMILES string of the molecule is C[C]1CCC(c2ccc(C)cc2)(N(C)C)CC1. The Labute approximate surface area is 106 Å². The molecule has 0 aromatic heterocycles. The summed E-state index contributed by atoms with van der Waals surface area (Å²) >= 11 is 0. The summed E-state index contributed by atoms with van der Waals surface area (Å²) in [5, 5.41) is 0. The second-order valence-electron chi connectivity index (χ2n) is 5.75. The average Bonchev–Trinajstić information content (AvgIpc) is 2.31. The van der Waals surface area contributed by atoms with E-state index in [4.69, 9.17) is 0 Å². The van der Waals surface area contributed by atoms with E-state index in [-0.39, 0.29) is 5.54 Å². The van der Waals surface area contributed by atoms with E-state index < -0.39 is 0 Å². The molecule has 1 aromatic carbocycles. The van der Waals surface area contributed by atoms with Crippen molar-refractivity contribution in [2.45, 2.75) is 45.1 Å². The minimum atomic E-state index is 0.257. The zero-order valence-corrected chi connectivity index (χ0v) is 11.6. The number of nitrogens with zero attached hydrogens (tertiary/aromatic N) is 1. The molecule has 1 saturated carbocycles. The van der Waals surface area contributed by atoms with Crippen molar-refractivity contribution in [1.29, 1.82) is 0 Å². The van der Waals surface area contributed by atoms with Crippen LogP contribution in [0.1, 0.15) is 43.7 Å². The fourth-order valence-electron chi connectivity index (χ4n) is 2.95. The van der Waals surface area contributed by atoms with Crippen molar-refractivity contribution in [2.24, 2.45) is 0 Å². The molecule has 1 heteroatoms. The average molecular weight is 230 g/mol. The van der Waals surface area contributed by atoms with E-state index in [9.17, 15) is 0 Å². The molecule has 1 aliphatic carbocycles. The van der Waals surface area contributed by atoms with Crippen molar-refractivity contribution < 1.29 is 0 Å². The molecule has 0 amide bonds. The molecule has 17 heavy (non-hydrogen) atoms. The first kappa shape index (κ1) is 12.6. The predicted octanol–water partition coefficient (Wildman–Crippen LogP) is 3.92. The van der Waals surface area contributed by atoms with Gasteiger partial charge in [-0.3, -0.25) is 4.90 Å². The van der Waals surface area contributed by atoms with Crippen LogP contribution in [0.15, 0.2) is 24.3 Å². The molecule has 0 atom stereocenters. The van der Waals surface area contributed by atoms with Crippen molar-refractivity contribution in [3.63, 3.8) is 0 Å². The lowest BCUT2D eigenvalue weighted by Crippen LogP contribution is -2.43. The minimum Gasteiger partial charge on any atom is -0.300 e. The monoisotopic (exact) mass is 230 g/mol. The summed E-state index contributed by atoms with van der Waals surface area (Å²) in [6, 6.07) is 9.11. The summed E-state index contributed by atoms with van der Waals surface area (Å²) in [6.07, 6.45) is 5.06. The van der Waals surface area contributed by atoms with Gasteiger partial charge in [0.25, 0.3) is 0 Å². The van der Waals surface area contributed by atoms with Gasteiger partial charge in [0.15, 0.2) is 0 Å².